The molecule has 1 aliphatic rings. The number of aromatic nitrogens is 2. The normalized spacial score (nSPS) is 18.4. The molecule has 9 heteroatoms. The standard InChI is InChI=1S/C16H19BrClFN6/c1-9-7-25(4-3-24(9)2)13-6-11(19)10(17)5-12(13)23-16-14(20)15(18)21-8-22-16/h5-6,8-9H,3-4,7,20H2,1-2H3,(H,21,22,23). The Labute approximate surface area is 159 Å². The molecule has 1 saturated heterocycles. The molecule has 1 aromatic heterocycles. The van der Waals surface area contributed by atoms with E-state index in [-0.39, 0.29) is 16.7 Å². The summed E-state index contributed by atoms with van der Waals surface area (Å²) >= 11 is 9.20. The van der Waals surface area contributed by atoms with Gasteiger partial charge in [-0.25, -0.2) is 14.4 Å². The number of nitrogens with one attached hydrogen (secondary N) is 1. The molecule has 1 atom stereocenters. The summed E-state index contributed by atoms with van der Waals surface area (Å²) in [6.45, 7) is 4.65. The highest BCUT2D eigenvalue weighted by molar-refractivity contribution is 9.10. The molecular weight excluding hydrogens is 411 g/mol. The summed E-state index contributed by atoms with van der Waals surface area (Å²) in [6, 6.07) is 3.57. The van der Waals surface area contributed by atoms with E-state index < -0.39 is 0 Å². The molecule has 0 bridgehead atoms. The number of nitrogens with two attached hydrogens (primary N) is 1. The molecule has 2 heterocycles. The van der Waals surface area contributed by atoms with E-state index in [2.05, 4.69) is 55.0 Å². The van der Waals surface area contributed by atoms with Gasteiger partial charge >= 0.3 is 0 Å². The van der Waals surface area contributed by atoms with Gasteiger partial charge in [0, 0.05) is 31.7 Å². The first-order valence-electron chi connectivity index (χ1n) is 7.84. The SMILES string of the molecule is CC1CN(c2cc(F)c(Br)cc2Nc2ncnc(Cl)c2N)CCN1C. The second kappa shape index (κ2) is 7.31. The quantitative estimate of drug-likeness (QED) is 0.728. The minimum absolute atomic E-state index is 0.174. The van der Waals surface area contributed by atoms with Gasteiger partial charge in [-0.3, -0.25) is 0 Å². The first kappa shape index (κ1) is 18.2. The molecule has 0 spiro atoms. The van der Waals surface area contributed by atoms with Crippen molar-refractivity contribution in [2.75, 3.05) is 42.6 Å². The van der Waals surface area contributed by atoms with Gasteiger partial charge in [-0.05, 0) is 36.0 Å². The average molecular weight is 430 g/mol. The van der Waals surface area contributed by atoms with Crippen molar-refractivity contribution in [3.05, 3.63) is 33.9 Å². The fourth-order valence-electron chi connectivity index (χ4n) is 2.77. The number of anilines is 4. The highest BCUT2D eigenvalue weighted by Gasteiger charge is 2.24. The molecule has 0 amide bonds. The summed E-state index contributed by atoms with van der Waals surface area (Å²) in [6.07, 6.45) is 1.33. The fourth-order valence-corrected chi connectivity index (χ4v) is 3.24. The van der Waals surface area contributed by atoms with Gasteiger partial charge < -0.3 is 20.9 Å². The molecule has 134 valence electrons. The number of benzene rings is 1. The molecule has 25 heavy (non-hydrogen) atoms. The number of hydrogen-bond donors (Lipinski definition) is 2. The molecule has 1 aliphatic heterocycles. The third-order valence-electron chi connectivity index (χ3n) is 4.43. The predicted molar refractivity (Wildman–Crippen MR) is 103 cm³/mol. The second-order valence-electron chi connectivity index (χ2n) is 6.11. The Bertz CT molecular complexity index is 789. The van der Waals surface area contributed by atoms with Gasteiger partial charge in [0.1, 0.15) is 17.8 Å². The molecule has 6 nitrogen and oxygen atoms in total. The van der Waals surface area contributed by atoms with Gasteiger partial charge in [-0.15, -0.1) is 0 Å². The summed E-state index contributed by atoms with van der Waals surface area (Å²) in [4.78, 5) is 12.4. The van der Waals surface area contributed by atoms with Gasteiger partial charge in [0.05, 0.1) is 15.8 Å². The summed E-state index contributed by atoms with van der Waals surface area (Å²) in [5.41, 5.74) is 7.65. The van der Waals surface area contributed by atoms with Crippen LogP contribution >= 0.6 is 27.5 Å². The number of hydrogen-bond acceptors (Lipinski definition) is 6. The molecule has 3 rings (SSSR count). The van der Waals surface area contributed by atoms with Crippen LogP contribution in [0.25, 0.3) is 0 Å². The van der Waals surface area contributed by atoms with Crippen LogP contribution in [0.1, 0.15) is 6.92 Å². The topological polar surface area (TPSA) is 70.3 Å². The van der Waals surface area contributed by atoms with Gasteiger partial charge in [0.15, 0.2) is 11.0 Å². The summed E-state index contributed by atoms with van der Waals surface area (Å²) in [5.74, 6) is 0.0720. The minimum atomic E-state index is -0.319. The van der Waals surface area contributed by atoms with Crippen LogP contribution < -0.4 is 16.0 Å². The number of nitrogens with zero attached hydrogens (tertiary/aromatic N) is 4. The van der Waals surface area contributed by atoms with Gasteiger partial charge in [0.25, 0.3) is 0 Å². The van der Waals surface area contributed by atoms with Crippen LogP contribution in [0.4, 0.5) is 27.3 Å². The molecular formula is C16H19BrClFN6. The van der Waals surface area contributed by atoms with E-state index in [0.29, 0.717) is 22.0 Å². The van der Waals surface area contributed by atoms with Crippen molar-refractivity contribution in [2.24, 2.45) is 0 Å². The zero-order chi connectivity index (χ0) is 18.1. The van der Waals surface area contributed by atoms with E-state index in [4.69, 9.17) is 17.3 Å². The van der Waals surface area contributed by atoms with Crippen molar-refractivity contribution < 1.29 is 4.39 Å². The summed E-state index contributed by atoms with van der Waals surface area (Å²) in [5, 5.41) is 3.34. The van der Waals surface area contributed by atoms with Gasteiger partial charge in [-0.1, -0.05) is 11.6 Å². The molecule has 1 fully saturated rings. The molecule has 0 aliphatic carbocycles. The number of nitrogen functional groups attached to an aromatic ring is 1. The van der Waals surface area contributed by atoms with E-state index >= 15 is 0 Å². The molecule has 2 aromatic rings. The van der Waals surface area contributed by atoms with E-state index in [0.717, 1.165) is 25.3 Å². The lowest BCUT2D eigenvalue weighted by atomic mass is 10.1. The van der Waals surface area contributed by atoms with Gasteiger partial charge in [-0.2, -0.15) is 0 Å². The Morgan fingerprint density at radius 3 is 2.84 bits per heavy atom. The van der Waals surface area contributed by atoms with E-state index in [1.807, 2.05) is 0 Å². The maximum absolute atomic E-state index is 14.2. The van der Waals surface area contributed by atoms with Crippen LogP contribution in [0, 0.1) is 5.82 Å². The van der Waals surface area contributed by atoms with Crippen LogP contribution in [0.15, 0.2) is 22.9 Å². The highest BCUT2D eigenvalue weighted by atomic mass is 79.9. The molecule has 1 unspecified atom stereocenters. The smallest absolute Gasteiger partial charge is 0.158 e. The van der Waals surface area contributed by atoms with E-state index in [9.17, 15) is 4.39 Å². The molecule has 0 radical (unpaired) electrons. The maximum Gasteiger partial charge on any atom is 0.158 e. The largest absolute Gasteiger partial charge is 0.393 e. The Kier molecular flexibility index (Phi) is 5.31. The van der Waals surface area contributed by atoms with Crippen LogP contribution in [0.2, 0.25) is 5.15 Å². The van der Waals surface area contributed by atoms with Gasteiger partial charge in [0.2, 0.25) is 0 Å². The zero-order valence-corrected chi connectivity index (χ0v) is 16.3. The third kappa shape index (κ3) is 3.80. The summed E-state index contributed by atoms with van der Waals surface area (Å²) in [7, 11) is 2.09. The number of likely N-dealkylation sites (N-methyl/N-ethyl adjacent to an activating group) is 1. The van der Waals surface area contributed by atoms with Crippen LogP contribution in [-0.2, 0) is 0 Å². The molecule has 1 aromatic carbocycles. The molecule has 0 saturated carbocycles. The highest BCUT2D eigenvalue weighted by Crippen LogP contribution is 2.36. The fraction of sp³-hybridized carbons (Fsp3) is 0.375. The first-order chi connectivity index (χ1) is 11.9. The third-order valence-corrected chi connectivity index (χ3v) is 5.34. The predicted octanol–water partition coefficient (Wildman–Crippen LogP) is 3.50. The Balaban J connectivity index is 1.98. The van der Waals surface area contributed by atoms with Crippen molar-refractivity contribution in [1.82, 2.24) is 14.9 Å². The van der Waals surface area contributed by atoms with E-state index in [1.165, 1.54) is 12.4 Å². The number of halogens is 3. The number of piperazine rings is 1. The number of rotatable bonds is 3. The van der Waals surface area contributed by atoms with Crippen molar-refractivity contribution >= 4 is 50.4 Å². The van der Waals surface area contributed by atoms with E-state index in [1.54, 1.807) is 6.07 Å². The van der Waals surface area contributed by atoms with Crippen LogP contribution in [0.3, 0.4) is 0 Å². The Morgan fingerprint density at radius 2 is 2.12 bits per heavy atom. The summed E-state index contributed by atoms with van der Waals surface area (Å²) < 4.78 is 14.5. The Morgan fingerprint density at radius 1 is 1.36 bits per heavy atom. The Hall–Kier alpha value is -1.64. The lowest BCUT2D eigenvalue weighted by molar-refractivity contribution is 0.234. The van der Waals surface area contributed by atoms with Crippen molar-refractivity contribution in [3.8, 4) is 0 Å². The molecule has 3 N–H and O–H groups in total. The lowest BCUT2D eigenvalue weighted by Crippen LogP contribution is -2.50. The second-order valence-corrected chi connectivity index (χ2v) is 7.32. The maximum atomic E-state index is 14.2. The monoisotopic (exact) mass is 428 g/mol. The van der Waals surface area contributed by atoms with Crippen LogP contribution in [0.5, 0.6) is 0 Å². The van der Waals surface area contributed by atoms with Crippen molar-refractivity contribution in [1.29, 1.82) is 0 Å². The van der Waals surface area contributed by atoms with Crippen molar-refractivity contribution in [2.45, 2.75) is 13.0 Å². The zero-order valence-electron chi connectivity index (χ0n) is 13.9. The van der Waals surface area contributed by atoms with Crippen LogP contribution in [-0.4, -0.2) is 47.6 Å². The average Bonchev–Trinajstić information content (AvgIpc) is 2.57. The first-order valence-corrected chi connectivity index (χ1v) is 9.01. The minimum Gasteiger partial charge on any atom is -0.393 e. The van der Waals surface area contributed by atoms with Crippen molar-refractivity contribution in [3.63, 3.8) is 0 Å². The lowest BCUT2D eigenvalue weighted by Gasteiger charge is -2.39.